The molecule has 0 aliphatic carbocycles. The van der Waals surface area contributed by atoms with E-state index in [-0.39, 0.29) is 5.91 Å². The molecule has 118 valence electrons. The molecule has 0 saturated carbocycles. The molecular formula is C18H18ClN3O. The van der Waals surface area contributed by atoms with Crippen molar-refractivity contribution in [2.24, 2.45) is 0 Å². The predicted octanol–water partition coefficient (Wildman–Crippen LogP) is 4.17. The number of para-hydroxylation sites is 1. The molecule has 0 radical (unpaired) electrons. The Bertz CT molecular complexity index is 843. The van der Waals surface area contributed by atoms with Crippen LogP contribution in [0.2, 0.25) is 5.02 Å². The summed E-state index contributed by atoms with van der Waals surface area (Å²) < 4.78 is 0. The number of carbonyl (C=O) groups excluding carboxylic acids is 1. The van der Waals surface area contributed by atoms with E-state index < -0.39 is 0 Å². The minimum atomic E-state index is 0.0364. The third-order valence-electron chi connectivity index (χ3n) is 4.72. The first-order valence-electron chi connectivity index (χ1n) is 7.91. The quantitative estimate of drug-likeness (QED) is 0.729. The fourth-order valence-electron chi connectivity index (χ4n) is 3.49. The predicted molar refractivity (Wildman–Crippen MR) is 92.0 cm³/mol. The zero-order valence-electron chi connectivity index (χ0n) is 12.7. The second-order valence-corrected chi connectivity index (χ2v) is 6.52. The Morgan fingerprint density at radius 2 is 1.91 bits per heavy atom. The number of fused-ring (bicyclic) bond motifs is 1. The molecule has 2 N–H and O–H groups in total. The maximum absolute atomic E-state index is 12.4. The zero-order valence-corrected chi connectivity index (χ0v) is 13.4. The van der Waals surface area contributed by atoms with Crippen LogP contribution in [0.15, 0.2) is 42.7 Å². The standard InChI is InChI=1S/C18H18ClN3O/c19-13-9-17(20-10-13)18(23)22-7-5-12(6-8-22)15-11-21-16-4-2-1-3-14(15)16/h1-4,9-12,20-21H,5-8H2. The van der Waals surface area contributed by atoms with Crippen molar-refractivity contribution in [1.29, 1.82) is 0 Å². The van der Waals surface area contributed by atoms with Gasteiger partial charge < -0.3 is 14.9 Å². The van der Waals surface area contributed by atoms with Gasteiger partial charge in [-0.05, 0) is 36.5 Å². The van der Waals surface area contributed by atoms with E-state index in [2.05, 4.69) is 34.4 Å². The SMILES string of the molecule is O=C(c1cc(Cl)c[nH]1)N1CCC(c2c[nH]c3ccccc23)CC1. The Morgan fingerprint density at radius 3 is 2.65 bits per heavy atom. The van der Waals surface area contributed by atoms with Crippen LogP contribution in [0.5, 0.6) is 0 Å². The second-order valence-electron chi connectivity index (χ2n) is 6.09. The number of nitrogens with zero attached hydrogens (tertiary/aromatic N) is 1. The van der Waals surface area contributed by atoms with E-state index in [4.69, 9.17) is 11.6 Å². The van der Waals surface area contributed by atoms with Crippen molar-refractivity contribution in [3.05, 3.63) is 59.0 Å². The first-order valence-corrected chi connectivity index (χ1v) is 8.29. The van der Waals surface area contributed by atoms with E-state index in [0.717, 1.165) is 25.9 Å². The monoisotopic (exact) mass is 327 g/mol. The third-order valence-corrected chi connectivity index (χ3v) is 4.94. The molecule has 0 bridgehead atoms. The summed E-state index contributed by atoms with van der Waals surface area (Å²) in [5.74, 6) is 0.539. The fraction of sp³-hybridized carbons (Fsp3) is 0.278. The summed E-state index contributed by atoms with van der Waals surface area (Å²) in [5, 5.41) is 1.87. The van der Waals surface area contributed by atoms with Crippen molar-refractivity contribution >= 4 is 28.4 Å². The Hall–Kier alpha value is -2.20. The summed E-state index contributed by atoms with van der Waals surface area (Å²) in [6.45, 7) is 1.55. The van der Waals surface area contributed by atoms with Gasteiger partial charge in [-0.3, -0.25) is 4.79 Å². The van der Waals surface area contributed by atoms with Crippen LogP contribution in [0.25, 0.3) is 10.9 Å². The highest BCUT2D eigenvalue weighted by Crippen LogP contribution is 2.33. The van der Waals surface area contributed by atoms with Gasteiger partial charge in [0, 0.05) is 36.4 Å². The van der Waals surface area contributed by atoms with Gasteiger partial charge >= 0.3 is 0 Å². The van der Waals surface area contributed by atoms with E-state index in [1.54, 1.807) is 12.3 Å². The van der Waals surface area contributed by atoms with Crippen molar-refractivity contribution in [2.45, 2.75) is 18.8 Å². The number of carbonyl (C=O) groups is 1. The smallest absolute Gasteiger partial charge is 0.270 e. The van der Waals surface area contributed by atoms with Crippen LogP contribution < -0.4 is 0 Å². The van der Waals surface area contributed by atoms with Gasteiger partial charge in [0.1, 0.15) is 5.69 Å². The minimum Gasteiger partial charge on any atom is -0.361 e. The number of aromatic nitrogens is 2. The lowest BCUT2D eigenvalue weighted by atomic mass is 9.89. The lowest BCUT2D eigenvalue weighted by Crippen LogP contribution is -2.38. The van der Waals surface area contributed by atoms with Crippen LogP contribution >= 0.6 is 11.6 Å². The van der Waals surface area contributed by atoms with Crippen LogP contribution in [-0.2, 0) is 0 Å². The zero-order chi connectivity index (χ0) is 15.8. The molecule has 0 atom stereocenters. The molecule has 0 unspecified atom stereocenters. The topological polar surface area (TPSA) is 51.9 Å². The molecule has 5 heteroatoms. The van der Waals surface area contributed by atoms with Crippen molar-refractivity contribution in [1.82, 2.24) is 14.9 Å². The molecule has 1 aliphatic heterocycles. The van der Waals surface area contributed by atoms with Gasteiger partial charge in [-0.1, -0.05) is 29.8 Å². The Kier molecular flexibility index (Phi) is 3.62. The number of halogens is 1. The van der Waals surface area contributed by atoms with E-state index >= 15 is 0 Å². The summed E-state index contributed by atoms with van der Waals surface area (Å²) >= 11 is 5.88. The Morgan fingerprint density at radius 1 is 1.13 bits per heavy atom. The molecule has 3 heterocycles. The highest BCUT2D eigenvalue weighted by Gasteiger charge is 2.26. The molecule has 1 aromatic carbocycles. The molecule has 1 aliphatic rings. The third kappa shape index (κ3) is 2.63. The summed E-state index contributed by atoms with van der Waals surface area (Å²) in [7, 11) is 0. The molecule has 4 rings (SSSR count). The summed E-state index contributed by atoms with van der Waals surface area (Å²) in [6.07, 6.45) is 5.75. The largest absolute Gasteiger partial charge is 0.361 e. The summed E-state index contributed by atoms with van der Waals surface area (Å²) in [6, 6.07) is 10.1. The van der Waals surface area contributed by atoms with E-state index in [1.165, 1.54) is 16.5 Å². The highest BCUT2D eigenvalue weighted by molar-refractivity contribution is 6.30. The number of nitrogens with one attached hydrogen (secondary N) is 2. The number of piperidine rings is 1. The number of amides is 1. The molecular weight excluding hydrogens is 310 g/mol. The van der Waals surface area contributed by atoms with Crippen molar-refractivity contribution in [3.63, 3.8) is 0 Å². The maximum atomic E-state index is 12.4. The minimum absolute atomic E-state index is 0.0364. The molecule has 2 aromatic heterocycles. The average molecular weight is 328 g/mol. The van der Waals surface area contributed by atoms with Crippen LogP contribution in [0.3, 0.4) is 0 Å². The van der Waals surface area contributed by atoms with Gasteiger partial charge in [-0.25, -0.2) is 0 Å². The van der Waals surface area contributed by atoms with Crippen LogP contribution in [0, 0.1) is 0 Å². The Labute approximate surface area is 139 Å². The lowest BCUT2D eigenvalue weighted by molar-refractivity contribution is 0.0708. The van der Waals surface area contributed by atoms with Gasteiger partial charge in [0.2, 0.25) is 0 Å². The van der Waals surface area contributed by atoms with Gasteiger partial charge in [-0.2, -0.15) is 0 Å². The number of aromatic amines is 2. The number of likely N-dealkylation sites (tertiary alicyclic amines) is 1. The number of H-pyrrole nitrogens is 2. The van der Waals surface area contributed by atoms with Gasteiger partial charge in [-0.15, -0.1) is 0 Å². The molecule has 3 aromatic rings. The molecule has 1 saturated heterocycles. The molecule has 4 nitrogen and oxygen atoms in total. The summed E-state index contributed by atoms with van der Waals surface area (Å²) in [4.78, 5) is 20.6. The van der Waals surface area contributed by atoms with Crippen LogP contribution in [0.4, 0.5) is 0 Å². The molecule has 1 fully saturated rings. The Balaban J connectivity index is 1.48. The summed E-state index contributed by atoms with van der Waals surface area (Å²) in [5.41, 5.74) is 3.12. The van der Waals surface area contributed by atoms with E-state index in [0.29, 0.717) is 16.6 Å². The van der Waals surface area contributed by atoms with Crippen molar-refractivity contribution in [2.75, 3.05) is 13.1 Å². The lowest BCUT2D eigenvalue weighted by Gasteiger charge is -2.31. The fourth-order valence-corrected chi connectivity index (χ4v) is 3.65. The number of hydrogen-bond donors (Lipinski definition) is 2. The second kappa shape index (κ2) is 5.78. The van der Waals surface area contributed by atoms with E-state index in [1.807, 2.05) is 11.0 Å². The molecule has 23 heavy (non-hydrogen) atoms. The van der Waals surface area contributed by atoms with Crippen LogP contribution in [0.1, 0.15) is 34.8 Å². The van der Waals surface area contributed by atoms with E-state index in [9.17, 15) is 4.79 Å². The van der Waals surface area contributed by atoms with Gasteiger partial charge in [0.15, 0.2) is 0 Å². The van der Waals surface area contributed by atoms with Crippen LogP contribution in [-0.4, -0.2) is 33.9 Å². The first-order chi connectivity index (χ1) is 11.2. The number of benzene rings is 1. The first kappa shape index (κ1) is 14.4. The number of hydrogen-bond acceptors (Lipinski definition) is 1. The molecule has 0 spiro atoms. The highest BCUT2D eigenvalue weighted by atomic mass is 35.5. The average Bonchev–Trinajstić information content (AvgIpc) is 3.21. The molecule has 1 amide bonds. The van der Waals surface area contributed by atoms with Crippen molar-refractivity contribution < 1.29 is 4.79 Å². The maximum Gasteiger partial charge on any atom is 0.270 e. The van der Waals surface area contributed by atoms with Gasteiger partial charge in [0.25, 0.3) is 5.91 Å². The van der Waals surface area contributed by atoms with Crippen molar-refractivity contribution in [3.8, 4) is 0 Å². The van der Waals surface area contributed by atoms with Gasteiger partial charge in [0.05, 0.1) is 5.02 Å². The number of rotatable bonds is 2. The normalized spacial score (nSPS) is 16.1.